The minimum Gasteiger partial charge on any atom is -0.382 e. The van der Waals surface area contributed by atoms with Gasteiger partial charge in [-0.25, -0.2) is 9.97 Å². The monoisotopic (exact) mass is 415 g/mol. The molecule has 2 aliphatic carbocycles. The normalized spacial score (nSPS) is 20.3. The highest BCUT2D eigenvalue weighted by atomic mass is 16.1. The molecule has 31 heavy (non-hydrogen) atoms. The number of aromatic nitrogens is 4. The summed E-state index contributed by atoms with van der Waals surface area (Å²) >= 11 is 0. The number of amides is 1. The molecular weight excluding hydrogens is 390 g/mol. The predicted octanol–water partition coefficient (Wildman–Crippen LogP) is 3.43. The molecule has 0 radical (unpaired) electrons. The van der Waals surface area contributed by atoms with Crippen LogP contribution in [-0.4, -0.2) is 37.7 Å². The van der Waals surface area contributed by atoms with Gasteiger partial charge in [-0.1, -0.05) is 13.8 Å². The Bertz CT molecular complexity index is 1180. The first-order chi connectivity index (χ1) is 15.0. The molecule has 0 bridgehead atoms. The molecule has 8 heteroatoms. The van der Waals surface area contributed by atoms with Gasteiger partial charge in [-0.2, -0.15) is 15.0 Å². The van der Waals surface area contributed by atoms with E-state index < -0.39 is 0 Å². The molecule has 0 aromatic carbocycles. The maximum atomic E-state index is 13.0. The first-order valence-corrected chi connectivity index (χ1v) is 10.8. The number of hydrogen-bond acceptors (Lipinski definition) is 6. The van der Waals surface area contributed by atoms with Gasteiger partial charge < -0.3 is 10.6 Å². The lowest BCUT2D eigenvalue weighted by atomic mass is 9.73. The van der Waals surface area contributed by atoms with Crippen LogP contribution in [0.3, 0.4) is 0 Å². The maximum absolute atomic E-state index is 13.0. The van der Waals surface area contributed by atoms with E-state index >= 15 is 0 Å². The molecule has 2 N–H and O–H groups in total. The van der Waals surface area contributed by atoms with E-state index in [2.05, 4.69) is 45.6 Å². The van der Waals surface area contributed by atoms with Crippen molar-refractivity contribution in [2.75, 3.05) is 5.32 Å². The van der Waals surface area contributed by atoms with Crippen LogP contribution in [0, 0.1) is 23.2 Å². The van der Waals surface area contributed by atoms with Gasteiger partial charge >= 0.3 is 0 Å². The van der Waals surface area contributed by atoms with Crippen LogP contribution in [0.15, 0.2) is 30.7 Å². The standard InChI is InChI=1S/C23H25N7O/c1-13(2)15-6-18(7-15)29-23(31)19-12-25-21(8-20(19)28-17-3-4-17)30-22-16(11-27-30)5-14(9-24)10-26-22/h5,8,10-13,15,17-18H,3-4,6-7H2,1-2H3,(H,25,28)(H,29,31). The Hall–Kier alpha value is -3.47. The fraction of sp³-hybridized carbons (Fsp3) is 0.435. The SMILES string of the molecule is CC(C)C1CC(NC(=O)c2cnc(-n3ncc4cc(C#N)cnc43)cc2NC2CC2)C1. The zero-order valence-corrected chi connectivity index (χ0v) is 17.7. The third kappa shape index (κ3) is 3.83. The predicted molar refractivity (Wildman–Crippen MR) is 117 cm³/mol. The average Bonchev–Trinajstić information content (AvgIpc) is 3.45. The molecule has 1 amide bonds. The number of fused-ring (bicyclic) bond motifs is 1. The highest BCUT2D eigenvalue weighted by Crippen LogP contribution is 2.34. The molecule has 2 saturated carbocycles. The fourth-order valence-electron chi connectivity index (χ4n) is 4.05. The molecule has 0 atom stereocenters. The van der Waals surface area contributed by atoms with Crippen molar-refractivity contribution in [3.63, 3.8) is 0 Å². The number of carbonyl (C=O) groups is 1. The van der Waals surface area contributed by atoms with Gasteiger partial charge in [0.05, 0.1) is 23.0 Å². The Labute approximate surface area is 180 Å². The number of rotatable bonds is 6. The number of nitriles is 1. The summed E-state index contributed by atoms with van der Waals surface area (Å²) in [6, 6.07) is 6.33. The lowest BCUT2D eigenvalue weighted by Gasteiger charge is -2.38. The van der Waals surface area contributed by atoms with Crippen LogP contribution < -0.4 is 10.6 Å². The van der Waals surface area contributed by atoms with Gasteiger partial charge in [0.25, 0.3) is 5.91 Å². The molecule has 0 saturated heterocycles. The van der Waals surface area contributed by atoms with Crippen LogP contribution in [-0.2, 0) is 0 Å². The maximum Gasteiger partial charge on any atom is 0.255 e. The second kappa shape index (κ2) is 7.65. The summed E-state index contributed by atoms with van der Waals surface area (Å²) in [7, 11) is 0. The van der Waals surface area contributed by atoms with Crippen LogP contribution in [0.4, 0.5) is 5.69 Å². The fourth-order valence-corrected chi connectivity index (χ4v) is 4.05. The summed E-state index contributed by atoms with van der Waals surface area (Å²) in [6.45, 7) is 4.47. The molecular formula is C23H25N7O. The topological polar surface area (TPSA) is 109 Å². The van der Waals surface area contributed by atoms with Gasteiger partial charge in [0.2, 0.25) is 0 Å². The Kier molecular flexibility index (Phi) is 4.81. The minimum atomic E-state index is -0.0866. The summed E-state index contributed by atoms with van der Waals surface area (Å²) in [5.41, 5.74) is 2.43. The smallest absolute Gasteiger partial charge is 0.255 e. The highest BCUT2D eigenvalue weighted by Gasteiger charge is 2.33. The molecule has 2 fully saturated rings. The number of hydrogen-bond donors (Lipinski definition) is 2. The molecule has 2 aliphatic rings. The minimum absolute atomic E-state index is 0.0866. The molecule has 8 nitrogen and oxygen atoms in total. The van der Waals surface area contributed by atoms with E-state index in [0.29, 0.717) is 40.5 Å². The molecule has 0 spiro atoms. The Morgan fingerprint density at radius 3 is 2.68 bits per heavy atom. The zero-order chi connectivity index (χ0) is 21.5. The molecule has 158 valence electrons. The molecule has 5 rings (SSSR count). The zero-order valence-electron chi connectivity index (χ0n) is 17.7. The van der Waals surface area contributed by atoms with E-state index in [1.807, 2.05) is 6.07 Å². The first-order valence-electron chi connectivity index (χ1n) is 10.8. The summed E-state index contributed by atoms with van der Waals surface area (Å²) in [4.78, 5) is 21.8. The summed E-state index contributed by atoms with van der Waals surface area (Å²) in [5, 5.41) is 20.9. The number of anilines is 1. The molecule has 0 aliphatic heterocycles. The van der Waals surface area contributed by atoms with Crippen molar-refractivity contribution in [2.45, 2.75) is 51.6 Å². The largest absolute Gasteiger partial charge is 0.382 e. The van der Waals surface area contributed by atoms with Crippen LogP contribution in [0.2, 0.25) is 0 Å². The third-order valence-electron chi connectivity index (χ3n) is 6.28. The van der Waals surface area contributed by atoms with Gasteiger partial charge in [-0.15, -0.1) is 0 Å². The highest BCUT2D eigenvalue weighted by molar-refractivity contribution is 6.00. The number of nitrogens with one attached hydrogen (secondary N) is 2. The van der Waals surface area contributed by atoms with Crippen molar-refractivity contribution in [1.29, 1.82) is 5.26 Å². The van der Waals surface area contributed by atoms with Gasteiger partial charge in [0.15, 0.2) is 11.5 Å². The van der Waals surface area contributed by atoms with Crippen LogP contribution in [0.5, 0.6) is 0 Å². The lowest BCUT2D eigenvalue weighted by Crippen LogP contribution is -2.45. The van der Waals surface area contributed by atoms with Crippen molar-refractivity contribution < 1.29 is 4.79 Å². The van der Waals surface area contributed by atoms with E-state index in [-0.39, 0.29) is 11.9 Å². The number of carbonyl (C=O) groups excluding carboxylic acids is 1. The second-order valence-corrected chi connectivity index (χ2v) is 8.96. The van der Waals surface area contributed by atoms with Crippen molar-refractivity contribution in [3.05, 3.63) is 41.9 Å². The van der Waals surface area contributed by atoms with Crippen molar-refractivity contribution in [3.8, 4) is 11.9 Å². The Morgan fingerprint density at radius 1 is 1.16 bits per heavy atom. The van der Waals surface area contributed by atoms with Crippen LogP contribution >= 0.6 is 0 Å². The van der Waals surface area contributed by atoms with E-state index in [1.165, 1.54) is 6.20 Å². The number of nitrogens with zero attached hydrogens (tertiary/aromatic N) is 5. The van der Waals surface area contributed by atoms with Crippen LogP contribution in [0.1, 0.15) is 55.5 Å². The van der Waals surface area contributed by atoms with Gasteiger partial charge in [-0.3, -0.25) is 4.79 Å². The van der Waals surface area contributed by atoms with E-state index in [9.17, 15) is 4.79 Å². The summed E-state index contributed by atoms with van der Waals surface area (Å²) < 4.78 is 1.63. The average molecular weight is 416 g/mol. The van der Waals surface area contributed by atoms with Crippen LogP contribution in [0.25, 0.3) is 16.9 Å². The van der Waals surface area contributed by atoms with Gasteiger partial charge in [0.1, 0.15) is 6.07 Å². The Morgan fingerprint density at radius 2 is 1.97 bits per heavy atom. The first kappa shape index (κ1) is 19.5. The Balaban J connectivity index is 1.42. The third-order valence-corrected chi connectivity index (χ3v) is 6.28. The molecule has 3 aromatic rings. The van der Waals surface area contributed by atoms with Gasteiger partial charge in [0, 0.05) is 35.9 Å². The molecule has 3 heterocycles. The van der Waals surface area contributed by atoms with E-state index in [1.54, 1.807) is 23.1 Å². The summed E-state index contributed by atoms with van der Waals surface area (Å²) in [6.07, 6.45) is 9.08. The van der Waals surface area contributed by atoms with Gasteiger partial charge in [-0.05, 0) is 43.6 Å². The second-order valence-electron chi connectivity index (χ2n) is 8.96. The van der Waals surface area contributed by atoms with E-state index in [4.69, 9.17) is 5.26 Å². The number of pyridine rings is 2. The van der Waals surface area contributed by atoms with Crippen molar-refractivity contribution >= 4 is 22.6 Å². The molecule has 0 unspecified atom stereocenters. The quantitative estimate of drug-likeness (QED) is 0.638. The summed E-state index contributed by atoms with van der Waals surface area (Å²) in [5.74, 6) is 1.84. The van der Waals surface area contributed by atoms with Crippen molar-refractivity contribution in [1.82, 2.24) is 25.1 Å². The molecule has 3 aromatic heterocycles. The van der Waals surface area contributed by atoms with Crippen molar-refractivity contribution in [2.24, 2.45) is 11.8 Å². The van der Waals surface area contributed by atoms with E-state index in [0.717, 1.165) is 36.8 Å². The lowest BCUT2D eigenvalue weighted by molar-refractivity contribution is 0.0863.